The third-order valence-electron chi connectivity index (χ3n) is 3.81. The molecule has 9 heteroatoms. The molecule has 0 atom stereocenters. The van der Waals surface area contributed by atoms with Crippen molar-refractivity contribution in [2.45, 2.75) is 25.2 Å². The Kier molecular flexibility index (Phi) is 9.99. The zero-order chi connectivity index (χ0) is 17.6. The molecule has 0 saturated carbocycles. The summed E-state index contributed by atoms with van der Waals surface area (Å²) in [5.41, 5.74) is 5.99. The van der Waals surface area contributed by atoms with Gasteiger partial charge in [-0.25, -0.2) is 12.7 Å². The molecule has 2 N–H and O–H groups in total. The van der Waals surface area contributed by atoms with Gasteiger partial charge in [-0.05, 0) is 32.1 Å². The predicted molar refractivity (Wildman–Crippen MR) is 102 cm³/mol. The van der Waals surface area contributed by atoms with Crippen molar-refractivity contribution in [2.24, 2.45) is 0 Å². The maximum absolute atomic E-state index is 12.7. The Labute approximate surface area is 156 Å². The third kappa shape index (κ3) is 5.67. The summed E-state index contributed by atoms with van der Waals surface area (Å²) in [4.78, 5) is 2.28. The highest BCUT2D eigenvalue weighted by Crippen LogP contribution is 2.33. The van der Waals surface area contributed by atoms with E-state index in [1.807, 2.05) is 0 Å². The van der Waals surface area contributed by atoms with Crippen molar-refractivity contribution in [1.29, 1.82) is 0 Å². The van der Waals surface area contributed by atoms with Crippen LogP contribution in [0.1, 0.15) is 20.3 Å². The molecule has 0 aliphatic heterocycles. The van der Waals surface area contributed by atoms with Crippen LogP contribution < -0.4 is 10.5 Å². The number of methoxy groups -OCH3 is 1. The van der Waals surface area contributed by atoms with Gasteiger partial charge in [0.15, 0.2) is 0 Å². The standard InChI is InChI=1S/C15H26ClN3O3S.ClH/c1-5-19(6-2)9-7-8-18(3)23(20,21)15-10-12(16)13(17)11-14(15)22-4;/h10-11H,5-9,17H2,1-4H3;1H. The van der Waals surface area contributed by atoms with Gasteiger partial charge in [-0.15, -0.1) is 12.4 Å². The van der Waals surface area contributed by atoms with E-state index in [1.165, 1.54) is 23.5 Å². The van der Waals surface area contributed by atoms with E-state index in [-0.39, 0.29) is 33.8 Å². The fourth-order valence-corrected chi connectivity index (χ4v) is 3.85. The molecule has 1 rings (SSSR count). The highest BCUT2D eigenvalue weighted by atomic mass is 35.5. The van der Waals surface area contributed by atoms with Crippen LogP contribution in [-0.4, -0.2) is 58.0 Å². The number of nitrogens with two attached hydrogens (primary N) is 1. The smallest absolute Gasteiger partial charge is 0.246 e. The molecule has 0 spiro atoms. The summed E-state index contributed by atoms with van der Waals surface area (Å²) in [6.45, 7) is 7.36. The number of nitrogens with zero attached hydrogens (tertiary/aromatic N) is 2. The van der Waals surface area contributed by atoms with Crippen molar-refractivity contribution >= 4 is 39.7 Å². The Balaban J connectivity index is 0.00000529. The minimum Gasteiger partial charge on any atom is -0.495 e. The van der Waals surface area contributed by atoms with Crippen molar-refractivity contribution in [1.82, 2.24) is 9.21 Å². The average molecular weight is 400 g/mol. The second-order valence-electron chi connectivity index (χ2n) is 5.23. The number of anilines is 1. The molecule has 0 saturated heterocycles. The molecule has 0 amide bonds. The van der Waals surface area contributed by atoms with E-state index in [0.717, 1.165) is 26.1 Å². The number of hydrogen-bond donors (Lipinski definition) is 1. The fraction of sp³-hybridized carbons (Fsp3) is 0.600. The molecule has 24 heavy (non-hydrogen) atoms. The first-order valence-electron chi connectivity index (χ1n) is 7.59. The zero-order valence-electron chi connectivity index (χ0n) is 14.6. The molecule has 0 bridgehead atoms. The second kappa shape index (κ2) is 10.3. The summed E-state index contributed by atoms with van der Waals surface area (Å²) in [6.07, 6.45) is 0.752. The average Bonchev–Trinajstić information content (AvgIpc) is 2.53. The number of hydrogen-bond acceptors (Lipinski definition) is 5. The van der Waals surface area contributed by atoms with Crippen molar-refractivity contribution < 1.29 is 13.2 Å². The minimum atomic E-state index is -3.68. The van der Waals surface area contributed by atoms with Crippen LogP contribution in [0.25, 0.3) is 0 Å². The maximum Gasteiger partial charge on any atom is 0.246 e. The van der Waals surface area contributed by atoms with Gasteiger partial charge in [-0.2, -0.15) is 0 Å². The Hall–Kier alpha value is -0.730. The Morgan fingerprint density at radius 1 is 1.21 bits per heavy atom. The fourth-order valence-electron chi connectivity index (χ4n) is 2.26. The largest absolute Gasteiger partial charge is 0.495 e. The van der Waals surface area contributed by atoms with Gasteiger partial charge in [0.25, 0.3) is 0 Å². The summed E-state index contributed by atoms with van der Waals surface area (Å²) in [7, 11) is -0.721. The van der Waals surface area contributed by atoms with Gasteiger partial charge in [0, 0.05) is 19.7 Å². The molecule has 0 unspecified atom stereocenters. The lowest BCUT2D eigenvalue weighted by atomic mass is 10.3. The van der Waals surface area contributed by atoms with Gasteiger partial charge < -0.3 is 15.4 Å². The van der Waals surface area contributed by atoms with E-state index >= 15 is 0 Å². The van der Waals surface area contributed by atoms with Crippen LogP contribution in [0.4, 0.5) is 5.69 Å². The Bertz CT molecular complexity index is 623. The van der Waals surface area contributed by atoms with Crippen molar-refractivity contribution in [3.05, 3.63) is 17.2 Å². The van der Waals surface area contributed by atoms with E-state index in [2.05, 4.69) is 18.7 Å². The van der Waals surface area contributed by atoms with Crippen LogP contribution in [-0.2, 0) is 10.0 Å². The maximum atomic E-state index is 12.7. The molecule has 0 fully saturated rings. The van der Waals surface area contributed by atoms with Gasteiger partial charge in [-0.3, -0.25) is 0 Å². The molecule has 0 aliphatic carbocycles. The number of benzene rings is 1. The molecule has 0 aliphatic rings. The van der Waals surface area contributed by atoms with Crippen LogP contribution in [0.15, 0.2) is 17.0 Å². The molecule has 140 valence electrons. The third-order valence-corrected chi connectivity index (χ3v) is 6.02. The van der Waals surface area contributed by atoms with E-state index in [9.17, 15) is 8.42 Å². The lowest BCUT2D eigenvalue weighted by Gasteiger charge is -2.22. The minimum absolute atomic E-state index is 0. The number of sulfonamides is 1. The zero-order valence-corrected chi connectivity index (χ0v) is 17.0. The van der Waals surface area contributed by atoms with Crippen LogP contribution in [0.2, 0.25) is 5.02 Å². The Morgan fingerprint density at radius 3 is 2.29 bits per heavy atom. The SMILES string of the molecule is CCN(CC)CCCN(C)S(=O)(=O)c1cc(Cl)c(N)cc1OC.Cl. The van der Waals surface area contributed by atoms with Crippen LogP contribution in [0.3, 0.4) is 0 Å². The first-order chi connectivity index (χ1) is 10.8. The van der Waals surface area contributed by atoms with Crippen molar-refractivity contribution in [2.75, 3.05) is 46.1 Å². The normalized spacial score (nSPS) is 11.6. The quantitative estimate of drug-likeness (QED) is 0.645. The van der Waals surface area contributed by atoms with Gasteiger partial charge in [0.1, 0.15) is 10.6 Å². The van der Waals surface area contributed by atoms with Gasteiger partial charge in [-0.1, -0.05) is 25.4 Å². The van der Waals surface area contributed by atoms with E-state index in [1.54, 1.807) is 7.05 Å². The van der Waals surface area contributed by atoms with Crippen LogP contribution in [0, 0.1) is 0 Å². The first kappa shape index (κ1) is 23.3. The van der Waals surface area contributed by atoms with Crippen LogP contribution in [0.5, 0.6) is 5.75 Å². The van der Waals surface area contributed by atoms with E-state index in [4.69, 9.17) is 22.1 Å². The molecule has 1 aromatic rings. The summed E-state index contributed by atoms with van der Waals surface area (Å²) in [5, 5.41) is 0.195. The number of rotatable bonds is 9. The second-order valence-corrected chi connectivity index (χ2v) is 7.65. The monoisotopic (exact) mass is 399 g/mol. The van der Waals surface area contributed by atoms with Crippen molar-refractivity contribution in [3.63, 3.8) is 0 Å². The molecular formula is C15H27Cl2N3O3S. The molecule has 1 aromatic carbocycles. The number of ether oxygens (including phenoxy) is 1. The van der Waals surface area contributed by atoms with E-state index < -0.39 is 10.0 Å². The molecule has 0 radical (unpaired) electrons. The number of halogens is 2. The Morgan fingerprint density at radius 2 is 1.79 bits per heavy atom. The lowest BCUT2D eigenvalue weighted by molar-refractivity contribution is 0.289. The highest BCUT2D eigenvalue weighted by Gasteiger charge is 2.25. The van der Waals surface area contributed by atoms with E-state index in [0.29, 0.717) is 6.54 Å². The summed E-state index contributed by atoms with van der Waals surface area (Å²) in [5.74, 6) is 0.197. The summed E-state index contributed by atoms with van der Waals surface area (Å²) in [6, 6.07) is 2.77. The van der Waals surface area contributed by atoms with Crippen molar-refractivity contribution in [3.8, 4) is 5.75 Å². The molecule has 6 nitrogen and oxygen atoms in total. The van der Waals surface area contributed by atoms with Gasteiger partial charge in [0.2, 0.25) is 10.0 Å². The number of nitrogen functional groups attached to an aromatic ring is 1. The van der Waals surface area contributed by atoms with Crippen LogP contribution >= 0.6 is 24.0 Å². The topological polar surface area (TPSA) is 75.9 Å². The predicted octanol–water partition coefficient (Wildman–Crippen LogP) is 2.71. The summed E-state index contributed by atoms with van der Waals surface area (Å²) >= 11 is 5.97. The van der Waals surface area contributed by atoms with Gasteiger partial charge in [0.05, 0.1) is 17.8 Å². The molecule has 0 aromatic heterocycles. The molecular weight excluding hydrogens is 373 g/mol. The summed E-state index contributed by atoms with van der Waals surface area (Å²) < 4.78 is 31.9. The van der Waals surface area contributed by atoms with Gasteiger partial charge >= 0.3 is 0 Å². The molecule has 0 heterocycles. The lowest BCUT2D eigenvalue weighted by Crippen LogP contribution is -2.32. The highest BCUT2D eigenvalue weighted by molar-refractivity contribution is 7.89. The first-order valence-corrected chi connectivity index (χ1v) is 9.41.